The van der Waals surface area contributed by atoms with E-state index in [9.17, 15) is 0 Å². The largest absolute Gasteiger partial charge is 0.416 e. The molecule has 1 heterocycles. The molecule has 0 fully saturated rings. The van der Waals surface area contributed by atoms with E-state index in [0.29, 0.717) is 11.1 Å². The van der Waals surface area contributed by atoms with Gasteiger partial charge in [-0.2, -0.15) is 0 Å². The minimum atomic E-state index is 0.563. The average Bonchev–Trinajstić information content (AvgIpc) is 2.75. The lowest BCUT2D eigenvalue weighted by atomic mass is 10.2. The van der Waals surface area contributed by atoms with Crippen molar-refractivity contribution in [1.82, 2.24) is 15.5 Å². The third-order valence-electron chi connectivity index (χ3n) is 2.28. The van der Waals surface area contributed by atoms with Gasteiger partial charge in [0.25, 0.3) is 5.22 Å². The van der Waals surface area contributed by atoms with Crippen LogP contribution in [-0.2, 0) is 6.54 Å². The number of aryl methyl sites for hydroxylation is 1. The number of hydrogen-bond donors (Lipinski definition) is 1. The van der Waals surface area contributed by atoms with E-state index >= 15 is 0 Å². The van der Waals surface area contributed by atoms with Gasteiger partial charge in [0.1, 0.15) is 0 Å². The lowest BCUT2D eigenvalue weighted by molar-refractivity contribution is 0.429. The Bertz CT molecular complexity index is 530. The molecule has 4 nitrogen and oxygen atoms in total. The van der Waals surface area contributed by atoms with Gasteiger partial charge in [-0.05, 0) is 51.9 Å². The number of hydrogen-bond acceptors (Lipinski definition) is 5. The lowest BCUT2D eigenvalue weighted by Gasteiger charge is -2.05. The molecule has 1 aromatic carbocycles. The second-order valence-corrected chi connectivity index (χ2v) is 5.58. The molecule has 2 aromatic rings. The van der Waals surface area contributed by atoms with Crippen LogP contribution >= 0.6 is 27.7 Å². The molecule has 0 aliphatic heterocycles. The van der Waals surface area contributed by atoms with Gasteiger partial charge < -0.3 is 9.73 Å². The molecule has 0 aliphatic carbocycles. The highest BCUT2D eigenvalue weighted by Crippen LogP contribution is 2.33. The first-order chi connectivity index (χ1) is 8.69. The minimum absolute atomic E-state index is 0.563. The maximum Gasteiger partial charge on any atom is 0.281 e. The van der Waals surface area contributed by atoms with E-state index in [2.05, 4.69) is 56.6 Å². The van der Waals surface area contributed by atoms with E-state index in [-0.39, 0.29) is 0 Å². The number of halogens is 1. The van der Waals surface area contributed by atoms with Crippen molar-refractivity contribution in [3.05, 3.63) is 34.1 Å². The normalized spacial score (nSPS) is 10.8. The first kappa shape index (κ1) is 13.6. The summed E-state index contributed by atoms with van der Waals surface area (Å²) in [6.45, 7) is 5.72. The van der Waals surface area contributed by atoms with Crippen LogP contribution in [0.15, 0.2) is 37.2 Å². The molecule has 6 heteroatoms. The monoisotopic (exact) mass is 327 g/mol. The highest BCUT2D eigenvalue weighted by Gasteiger charge is 2.08. The average molecular weight is 328 g/mol. The van der Waals surface area contributed by atoms with Crippen molar-refractivity contribution < 1.29 is 4.42 Å². The molecule has 0 saturated carbocycles. The van der Waals surface area contributed by atoms with Crippen LogP contribution in [0, 0.1) is 6.92 Å². The SMILES string of the molecule is CCNCc1ccc(Sc2nnc(C)o2)c(Br)c1. The van der Waals surface area contributed by atoms with Crippen molar-refractivity contribution in [2.75, 3.05) is 6.54 Å². The Morgan fingerprint density at radius 1 is 1.39 bits per heavy atom. The molecule has 0 aliphatic rings. The first-order valence-corrected chi connectivity index (χ1v) is 7.27. The fourth-order valence-corrected chi connectivity index (χ4v) is 2.81. The van der Waals surface area contributed by atoms with E-state index in [1.807, 2.05) is 0 Å². The molecule has 2 rings (SSSR count). The van der Waals surface area contributed by atoms with Crippen LogP contribution in [0.4, 0.5) is 0 Å². The van der Waals surface area contributed by atoms with Crippen LogP contribution in [0.2, 0.25) is 0 Å². The van der Waals surface area contributed by atoms with Gasteiger partial charge in [-0.25, -0.2) is 0 Å². The molecule has 1 N–H and O–H groups in total. The van der Waals surface area contributed by atoms with Crippen LogP contribution in [0.5, 0.6) is 0 Å². The summed E-state index contributed by atoms with van der Waals surface area (Å²) in [6.07, 6.45) is 0. The van der Waals surface area contributed by atoms with Crippen LogP contribution < -0.4 is 5.32 Å². The summed E-state index contributed by atoms with van der Waals surface area (Å²) in [5, 5.41) is 11.6. The van der Waals surface area contributed by atoms with Crippen LogP contribution in [0.25, 0.3) is 0 Å². The molecular weight excluding hydrogens is 314 g/mol. The lowest BCUT2D eigenvalue weighted by Crippen LogP contribution is -2.11. The van der Waals surface area contributed by atoms with Gasteiger partial charge in [-0.15, -0.1) is 10.2 Å². The van der Waals surface area contributed by atoms with Gasteiger partial charge in [0, 0.05) is 22.8 Å². The van der Waals surface area contributed by atoms with Crippen molar-refractivity contribution in [1.29, 1.82) is 0 Å². The summed E-state index contributed by atoms with van der Waals surface area (Å²) in [6, 6.07) is 6.26. The number of nitrogens with zero attached hydrogens (tertiary/aromatic N) is 2. The van der Waals surface area contributed by atoms with E-state index in [4.69, 9.17) is 4.42 Å². The summed E-state index contributed by atoms with van der Waals surface area (Å²) < 4.78 is 6.39. The Kier molecular flexibility index (Phi) is 4.79. The first-order valence-electron chi connectivity index (χ1n) is 5.66. The maximum absolute atomic E-state index is 5.35. The third-order valence-corrected chi connectivity index (χ3v) is 4.11. The Balaban J connectivity index is 2.09. The van der Waals surface area contributed by atoms with E-state index in [0.717, 1.165) is 22.5 Å². The van der Waals surface area contributed by atoms with Crippen LogP contribution in [-0.4, -0.2) is 16.7 Å². The van der Waals surface area contributed by atoms with Gasteiger partial charge in [0.15, 0.2) is 0 Å². The molecule has 96 valence electrons. The molecule has 0 atom stereocenters. The van der Waals surface area contributed by atoms with Crippen molar-refractivity contribution in [2.45, 2.75) is 30.5 Å². The summed E-state index contributed by atoms with van der Waals surface area (Å²) in [5.74, 6) is 0.581. The zero-order valence-electron chi connectivity index (χ0n) is 10.2. The standard InChI is InChI=1S/C12H14BrN3OS/c1-3-14-7-9-4-5-11(10(13)6-9)18-12-16-15-8(2)17-12/h4-6,14H,3,7H2,1-2H3. The summed E-state index contributed by atoms with van der Waals surface area (Å²) in [4.78, 5) is 1.07. The van der Waals surface area contributed by atoms with Crippen molar-refractivity contribution in [3.8, 4) is 0 Å². The number of nitrogens with one attached hydrogen (secondary N) is 1. The molecule has 0 saturated heterocycles. The molecule has 18 heavy (non-hydrogen) atoms. The van der Waals surface area contributed by atoms with E-state index < -0.39 is 0 Å². The van der Waals surface area contributed by atoms with Crippen LogP contribution in [0.1, 0.15) is 18.4 Å². The summed E-state index contributed by atoms with van der Waals surface area (Å²) in [7, 11) is 0. The zero-order chi connectivity index (χ0) is 13.0. The Morgan fingerprint density at radius 3 is 2.83 bits per heavy atom. The van der Waals surface area contributed by atoms with Gasteiger partial charge in [0.05, 0.1) is 0 Å². The summed E-state index contributed by atoms with van der Waals surface area (Å²) in [5.41, 5.74) is 1.25. The van der Waals surface area contributed by atoms with E-state index in [1.54, 1.807) is 6.92 Å². The molecular formula is C12H14BrN3OS. The smallest absolute Gasteiger partial charge is 0.281 e. The van der Waals surface area contributed by atoms with Crippen molar-refractivity contribution in [3.63, 3.8) is 0 Å². The maximum atomic E-state index is 5.35. The predicted molar refractivity (Wildman–Crippen MR) is 74.7 cm³/mol. The van der Waals surface area contributed by atoms with Gasteiger partial charge in [-0.1, -0.05) is 13.0 Å². The van der Waals surface area contributed by atoms with Crippen LogP contribution in [0.3, 0.4) is 0 Å². The van der Waals surface area contributed by atoms with Crippen molar-refractivity contribution in [2.24, 2.45) is 0 Å². The second-order valence-electron chi connectivity index (χ2n) is 3.73. The minimum Gasteiger partial charge on any atom is -0.416 e. The number of aromatic nitrogens is 2. The summed E-state index contributed by atoms with van der Waals surface area (Å²) >= 11 is 5.02. The fourth-order valence-electron chi connectivity index (χ4n) is 1.42. The Morgan fingerprint density at radius 2 is 2.22 bits per heavy atom. The molecule has 0 unspecified atom stereocenters. The van der Waals surface area contributed by atoms with Gasteiger partial charge >= 0.3 is 0 Å². The molecule has 0 spiro atoms. The highest BCUT2D eigenvalue weighted by molar-refractivity contribution is 9.10. The zero-order valence-corrected chi connectivity index (χ0v) is 12.6. The topological polar surface area (TPSA) is 51.0 Å². The molecule has 0 amide bonds. The number of rotatable bonds is 5. The third kappa shape index (κ3) is 3.57. The fraction of sp³-hybridized carbons (Fsp3) is 0.333. The molecule has 0 radical (unpaired) electrons. The Hall–Kier alpha value is -0.850. The van der Waals surface area contributed by atoms with Crippen molar-refractivity contribution >= 4 is 27.7 Å². The highest BCUT2D eigenvalue weighted by atomic mass is 79.9. The Labute approximate surface area is 119 Å². The molecule has 0 bridgehead atoms. The van der Waals surface area contributed by atoms with Gasteiger partial charge in [0.2, 0.25) is 5.89 Å². The quantitative estimate of drug-likeness (QED) is 0.912. The predicted octanol–water partition coefficient (Wildman–Crippen LogP) is 3.40. The molecule has 1 aromatic heterocycles. The number of benzene rings is 1. The van der Waals surface area contributed by atoms with Gasteiger partial charge in [-0.3, -0.25) is 0 Å². The second kappa shape index (κ2) is 6.36. The van der Waals surface area contributed by atoms with E-state index in [1.165, 1.54) is 17.3 Å².